The highest BCUT2D eigenvalue weighted by Gasteiger charge is 2.11. The molecule has 0 aromatic heterocycles. The summed E-state index contributed by atoms with van der Waals surface area (Å²) >= 11 is 0. The van der Waals surface area contributed by atoms with E-state index >= 15 is 0 Å². The second-order valence-corrected chi connectivity index (χ2v) is 4.47. The Balaban J connectivity index is 2.26. The maximum Gasteiger partial charge on any atom is 0.255 e. The van der Waals surface area contributed by atoms with Crippen molar-refractivity contribution in [1.29, 1.82) is 0 Å². The minimum atomic E-state index is -0.739. The average molecular weight is 319 g/mol. The summed E-state index contributed by atoms with van der Waals surface area (Å²) in [5.41, 5.74) is -0.401. The number of nitrogens with zero attached hydrogens (tertiary/aromatic N) is 2. The average Bonchev–Trinajstić information content (AvgIpc) is 2.55. The first kappa shape index (κ1) is 16.5. The van der Waals surface area contributed by atoms with Gasteiger partial charge in [0.2, 0.25) is 0 Å². The molecule has 0 saturated heterocycles. The van der Waals surface area contributed by atoms with Crippen molar-refractivity contribution in [1.82, 2.24) is 0 Å². The molecule has 0 unspecified atom stereocenters. The van der Waals surface area contributed by atoms with Crippen LogP contribution in [-0.4, -0.2) is 23.4 Å². The first-order valence-electron chi connectivity index (χ1n) is 6.33. The van der Waals surface area contributed by atoms with E-state index in [9.17, 15) is 15.2 Å². The van der Waals surface area contributed by atoms with E-state index in [2.05, 4.69) is 5.32 Å². The van der Waals surface area contributed by atoms with Gasteiger partial charge in [0.15, 0.2) is 0 Å². The van der Waals surface area contributed by atoms with Gasteiger partial charge in [-0.15, -0.1) is 5.23 Å². The van der Waals surface area contributed by atoms with Crippen LogP contribution in [0.25, 0.3) is 0 Å². The van der Waals surface area contributed by atoms with Gasteiger partial charge < -0.3 is 25.7 Å². The molecule has 9 heteroatoms. The Labute approximate surface area is 131 Å². The number of methoxy groups -OCH3 is 1. The van der Waals surface area contributed by atoms with Gasteiger partial charge >= 0.3 is 0 Å². The number of amides is 1. The van der Waals surface area contributed by atoms with E-state index in [-0.39, 0.29) is 16.5 Å². The molecule has 3 N–H and O–H groups in total. The van der Waals surface area contributed by atoms with Crippen molar-refractivity contribution in [3.05, 3.63) is 58.4 Å². The number of anilines is 3. The number of carbonyl (C=O) groups excluding carboxylic acids is 1. The van der Waals surface area contributed by atoms with Gasteiger partial charge in [-0.3, -0.25) is 15.2 Å². The van der Waals surface area contributed by atoms with Crippen LogP contribution in [0.1, 0.15) is 10.4 Å². The summed E-state index contributed by atoms with van der Waals surface area (Å²) in [7, 11) is 1.51. The smallest absolute Gasteiger partial charge is 0.255 e. The molecule has 0 heterocycles. The molecule has 2 aromatic rings. The normalized spacial score (nSPS) is 10.1. The fourth-order valence-electron chi connectivity index (χ4n) is 1.82. The van der Waals surface area contributed by atoms with Crippen molar-refractivity contribution in [2.75, 3.05) is 22.9 Å². The standard InChI is InChI=1S/C14H13N3O6/c1-23-13-4-2-10(3-5-13)15-14(18)9-6-11(16(19)20)8-12(7-9)17(21)22/h2-8,19-20H,1H3,(H,15,18)/q-2. The third-order valence-corrected chi connectivity index (χ3v) is 2.95. The first-order valence-corrected chi connectivity index (χ1v) is 6.33. The number of hydrogen-bond acceptors (Lipinski definition) is 8. The van der Waals surface area contributed by atoms with Gasteiger partial charge in [-0.05, 0) is 42.5 Å². The van der Waals surface area contributed by atoms with E-state index in [0.29, 0.717) is 11.4 Å². The van der Waals surface area contributed by atoms with Crippen LogP contribution in [0.15, 0.2) is 42.5 Å². The van der Waals surface area contributed by atoms with Gasteiger partial charge in [0.1, 0.15) is 5.75 Å². The van der Waals surface area contributed by atoms with Crippen molar-refractivity contribution in [2.45, 2.75) is 0 Å². The van der Waals surface area contributed by atoms with E-state index in [1.807, 2.05) is 0 Å². The number of carbonyl (C=O) groups is 1. The van der Waals surface area contributed by atoms with Crippen LogP contribution >= 0.6 is 0 Å². The van der Waals surface area contributed by atoms with Gasteiger partial charge in [-0.2, -0.15) is 0 Å². The molecule has 0 aliphatic rings. The highest BCUT2D eigenvalue weighted by molar-refractivity contribution is 6.05. The zero-order valence-electron chi connectivity index (χ0n) is 12.0. The van der Waals surface area contributed by atoms with Crippen molar-refractivity contribution in [3.63, 3.8) is 0 Å². The monoisotopic (exact) mass is 319 g/mol. The lowest BCUT2D eigenvalue weighted by molar-refractivity contribution is 0.0291. The summed E-state index contributed by atoms with van der Waals surface area (Å²) in [6.45, 7) is 0. The lowest BCUT2D eigenvalue weighted by Crippen LogP contribution is -2.16. The minimum Gasteiger partial charge on any atom is -0.769 e. The van der Waals surface area contributed by atoms with Gasteiger partial charge in [-0.25, -0.2) is 0 Å². The van der Waals surface area contributed by atoms with Crippen molar-refractivity contribution in [3.8, 4) is 5.75 Å². The lowest BCUT2D eigenvalue weighted by atomic mass is 10.1. The molecule has 0 atom stereocenters. The summed E-state index contributed by atoms with van der Waals surface area (Å²) < 4.78 is 4.99. The van der Waals surface area contributed by atoms with E-state index in [1.54, 1.807) is 24.3 Å². The molecular formula is C14H13N3O6-2. The molecule has 0 radical (unpaired) electrons. The highest BCUT2D eigenvalue weighted by Crippen LogP contribution is 2.24. The largest absolute Gasteiger partial charge is 0.769 e. The number of rotatable bonds is 5. The SMILES string of the molecule is COc1ccc(NC(=O)c2cc(N([O-])[O-])cc(N(O)O)c2)cc1. The molecule has 2 aromatic carbocycles. The Bertz CT molecular complexity index is 661. The van der Waals surface area contributed by atoms with Crippen LogP contribution in [0.5, 0.6) is 5.75 Å². The Kier molecular flexibility index (Phi) is 4.98. The maximum absolute atomic E-state index is 12.2. The van der Waals surface area contributed by atoms with E-state index in [0.717, 1.165) is 18.2 Å². The number of benzene rings is 2. The van der Waals surface area contributed by atoms with Crippen molar-refractivity contribution >= 4 is 23.0 Å². The molecule has 23 heavy (non-hydrogen) atoms. The predicted molar refractivity (Wildman–Crippen MR) is 82.7 cm³/mol. The first-order chi connectivity index (χ1) is 10.9. The molecule has 0 spiro atoms. The quantitative estimate of drug-likeness (QED) is 0.715. The summed E-state index contributed by atoms with van der Waals surface area (Å²) in [5.74, 6) is -0.0289. The van der Waals surface area contributed by atoms with E-state index < -0.39 is 16.8 Å². The molecule has 0 saturated carbocycles. The lowest BCUT2D eigenvalue weighted by Gasteiger charge is -2.38. The van der Waals surface area contributed by atoms with Gasteiger partial charge in [0.05, 0.1) is 12.8 Å². The van der Waals surface area contributed by atoms with Gasteiger partial charge in [0, 0.05) is 16.9 Å². The zero-order valence-corrected chi connectivity index (χ0v) is 12.0. The van der Waals surface area contributed by atoms with Crippen LogP contribution in [0.3, 0.4) is 0 Å². The molecule has 2 rings (SSSR count). The topological polar surface area (TPSA) is 131 Å². The summed E-state index contributed by atoms with van der Waals surface area (Å²) in [5, 5.41) is 41.2. The zero-order chi connectivity index (χ0) is 17.0. The maximum atomic E-state index is 12.2. The van der Waals surface area contributed by atoms with Gasteiger partial charge in [-0.1, -0.05) is 0 Å². The fourth-order valence-corrected chi connectivity index (χ4v) is 1.82. The Morgan fingerprint density at radius 2 is 1.70 bits per heavy atom. The molecule has 0 fully saturated rings. The molecule has 9 nitrogen and oxygen atoms in total. The highest BCUT2D eigenvalue weighted by atomic mass is 16.8. The van der Waals surface area contributed by atoms with E-state index in [1.165, 1.54) is 7.11 Å². The summed E-state index contributed by atoms with van der Waals surface area (Å²) in [6.07, 6.45) is 0. The number of hydrogen-bond donors (Lipinski definition) is 3. The second kappa shape index (κ2) is 6.94. The van der Waals surface area contributed by atoms with E-state index in [4.69, 9.17) is 15.2 Å². The van der Waals surface area contributed by atoms with Crippen molar-refractivity contribution in [2.24, 2.45) is 0 Å². The Hall–Kier alpha value is -2.85. The third kappa shape index (κ3) is 4.08. The molecule has 122 valence electrons. The van der Waals surface area contributed by atoms with Crippen LogP contribution in [0, 0.1) is 10.4 Å². The number of ether oxygens (including phenoxy) is 1. The fraction of sp³-hybridized carbons (Fsp3) is 0.0714. The predicted octanol–water partition coefficient (Wildman–Crippen LogP) is 2.33. The molecule has 0 aliphatic heterocycles. The third-order valence-electron chi connectivity index (χ3n) is 2.95. The van der Waals surface area contributed by atoms with Crippen LogP contribution in [-0.2, 0) is 0 Å². The molecular weight excluding hydrogens is 306 g/mol. The molecule has 0 aliphatic carbocycles. The Morgan fingerprint density at radius 3 is 2.22 bits per heavy atom. The van der Waals surface area contributed by atoms with Crippen LogP contribution < -0.4 is 20.5 Å². The molecule has 0 bridgehead atoms. The number of nitrogens with one attached hydrogen (secondary N) is 1. The van der Waals surface area contributed by atoms with Crippen molar-refractivity contribution < 1.29 is 19.9 Å². The Morgan fingerprint density at radius 1 is 1.09 bits per heavy atom. The molecule has 1 amide bonds. The van der Waals surface area contributed by atoms with Crippen LogP contribution in [0.4, 0.5) is 17.1 Å². The summed E-state index contributed by atoms with van der Waals surface area (Å²) in [6, 6.07) is 9.52. The van der Waals surface area contributed by atoms with Crippen LogP contribution in [0.2, 0.25) is 0 Å². The van der Waals surface area contributed by atoms with Gasteiger partial charge in [0.25, 0.3) is 5.91 Å². The minimum absolute atomic E-state index is 0.0990. The summed E-state index contributed by atoms with van der Waals surface area (Å²) in [4.78, 5) is 12.2. The second-order valence-electron chi connectivity index (χ2n) is 4.47.